The molecule has 1 aromatic carbocycles. The van der Waals surface area contributed by atoms with Crippen LogP contribution in [-0.2, 0) is 12.8 Å². The molecule has 1 fully saturated rings. The van der Waals surface area contributed by atoms with E-state index in [2.05, 4.69) is 37.4 Å². The molecule has 0 spiro atoms. The largest absolute Gasteiger partial charge is 0.382 e. The van der Waals surface area contributed by atoms with Crippen LogP contribution in [0.3, 0.4) is 0 Å². The van der Waals surface area contributed by atoms with Gasteiger partial charge in [-0.3, -0.25) is 0 Å². The van der Waals surface area contributed by atoms with Crippen molar-refractivity contribution in [3.8, 4) is 0 Å². The minimum Gasteiger partial charge on any atom is -0.382 e. The summed E-state index contributed by atoms with van der Waals surface area (Å²) in [5.74, 6) is 0. The van der Waals surface area contributed by atoms with Crippen molar-refractivity contribution in [1.82, 2.24) is 0 Å². The van der Waals surface area contributed by atoms with Gasteiger partial charge in [-0.15, -0.1) is 0 Å². The first kappa shape index (κ1) is 13.0. The van der Waals surface area contributed by atoms with Crippen LogP contribution in [0.5, 0.6) is 0 Å². The van der Waals surface area contributed by atoms with Crippen molar-refractivity contribution in [2.45, 2.75) is 71.3 Å². The molecule has 0 aliphatic heterocycles. The van der Waals surface area contributed by atoms with Gasteiger partial charge < -0.3 is 5.32 Å². The summed E-state index contributed by atoms with van der Waals surface area (Å²) in [6, 6.07) is 7.55. The fraction of sp³-hybridized carbons (Fsp3) is 0.667. The zero-order chi connectivity index (χ0) is 13.3. The summed E-state index contributed by atoms with van der Waals surface area (Å²) in [4.78, 5) is 0. The number of anilines is 1. The van der Waals surface area contributed by atoms with Gasteiger partial charge in [0.2, 0.25) is 0 Å². The molecule has 0 bridgehead atoms. The second kappa shape index (κ2) is 5.19. The molecule has 2 aliphatic rings. The maximum Gasteiger partial charge on any atom is 0.0377 e. The van der Waals surface area contributed by atoms with Crippen LogP contribution in [0.2, 0.25) is 0 Å². The topological polar surface area (TPSA) is 12.0 Å². The third-order valence-electron chi connectivity index (χ3n) is 5.09. The van der Waals surface area contributed by atoms with Crippen LogP contribution in [0.4, 0.5) is 5.69 Å². The van der Waals surface area contributed by atoms with E-state index in [1.807, 2.05) is 0 Å². The molecule has 0 radical (unpaired) electrons. The van der Waals surface area contributed by atoms with Gasteiger partial charge in [0.05, 0.1) is 0 Å². The lowest BCUT2D eigenvalue weighted by Crippen LogP contribution is -2.30. The van der Waals surface area contributed by atoms with E-state index in [4.69, 9.17) is 0 Å². The van der Waals surface area contributed by atoms with Gasteiger partial charge >= 0.3 is 0 Å². The number of nitrogens with one attached hydrogen (secondary N) is 1. The highest BCUT2D eigenvalue weighted by Gasteiger charge is 2.27. The summed E-state index contributed by atoms with van der Waals surface area (Å²) in [6.07, 6.45) is 10.7. The van der Waals surface area contributed by atoms with E-state index >= 15 is 0 Å². The third kappa shape index (κ3) is 2.96. The Kier molecular flexibility index (Phi) is 3.56. The van der Waals surface area contributed by atoms with E-state index in [9.17, 15) is 0 Å². The Balaban J connectivity index is 1.70. The number of aryl methyl sites for hydroxylation is 1. The number of benzene rings is 1. The monoisotopic (exact) mass is 257 g/mol. The van der Waals surface area contributed by atoms with Gasteiger partial charge in [-0.25, -0.2) is 0 Å². The Morgan fingerprint density at radius 3 is 2.58 bits per heavy atom. The normalized spacial score (nSPS) is 22.8. The molecule has 0 amide bonds. The second-order valence-electron chi connectivity index (χ2n) is 7.23. The fourth-order valence-corrected chi connectivity index (χ4v) is 3.68. The molecule has 0 saturated heterocycles. The molecular formula is C18H27N. The van der Waals surface area contributed by atoms with Crippen LogP contribution in [0.1, 0.15) is 63.5 Å². The summed E-state index contributed by atoms with van der Waals surface area (Å²) in [5, 5.41) is 3.85. The highest BCUT2D eigenvalue weighted by Crippen LogP contribution is 2.37. The summed E-state index contributed by atoms with van der Waals surface area (Å²) >= 11 is 0. The summed E-state index contributed by atoms with van der Waals surface area (Å²) in [7, 11) is 0. The van der Waals surface area contributed by atoms with E-state index < -0.39 is 0 Å². The highest BCUT2D eigenvalue weighted by molar-refractivity contribution is 5.56. The van der Waals surface area contributed by atoms with Gasteiger partial charge in [0.25, 0.3) is 0 Å². The van der Waals surface area contributed by atoms with Crippen LogP contribution >= 0.6 is 0 Å². The molecule has 0 heterocycles. The van der Waals surface area contributed by atoms with Crippen molar-refractivity contribution in [3.05, 3.63) is 29.3 Å². The molecule has 104 valence electrons. The molecule has 2 aliphatic carbocycles. The van der Waals surface area contributed by atoms with Crippen molar-refractivity contribution in [3.63, 3.8) is 0 Å². The van der Waals surface area contributed by atoms with Crippen molar-refractivity contribution in [2.75, 3.05) is 5.32 Å². The molecule has 0 aromatic heterocycles. The number of hydrogen-bond donors (Lipinski definition) is 1. The lowest BCUT2D eigenvalue weighted by Gasteiger charge is -2.35. The predicted molar refractivity (Wildman–Crippen MR) is 82.7 cm³/mol. The lowest BCUT2D eigenvalue weighted by molar-refractivity contribution is 0.232. The first-order valence-electron chi connectivity index (χ1n) is 8.01. The van der Waals surface area contributed by atoms with Gasteiger partial charge in [0, 0.05) is 11.7 Å². The zero-order valence-corrected chi connectivity index (χ0v) is 12.5. The molecular weight excluding hydrogens is 230 g/mol. The molecule has 1 heteroatoms. The first-order valence-corrected chi connectivity index (χ1v) is 8.01. The standard InChI is InChI=1S/C18H27N/c1-18(2)12-10-15(11-13-18)19-17-9-5-7-14-6-3-4-8-16(14)17/h5,7,9,15,19H,3-4,6,8,10-13H2,1-2H3. The second-order valence-corrected chi connectivity index (χ2v) is 7.23. The molecule has 19 heavy (non-hydrogen) atoms. The Labute approximate surface area is 117 Å². The molecule has 1 saturated carbocycles. The predicted octanol–water partition coefficient (Wildman–Crippen LogP) is 4.95. The van der Waals surface area contributed by atoms with E-state index in [0.717, 1.165) is 0 Å². The first-order chi connectivity index (χ1) is 9.14. The smallest absolute Gasteiger partial charge is 0.0377 e. The van der Waals surface area contributed by atoms with E-state index in [-0.39, 0.29) is 0 Å². The highest BCUT2D eigenvalue weighted by atomic mass is 14.9. The quantitative estimate of drug-likeness (QED) is 0.790. The molecule has 1 aromatic rings. The summed E-state index contributed by atoms with van der Waals surface area (Å²) in [5.41, 5.74) is 5.20. The van der Waals surface area contributed by atoms with E-state index in [1.54, 1.807) is 11.1 Å². The average molecular weight is 257 g/mol. The maximum atomic E-state index is 3.85. The Hall–Kier alpha value is -0.980. The molecule has 3 rings (SSSR count). The van der Waals surface area contributed by atoms with Crippen molar-refractivity contribution >= 4 is 5.69 Å². The van der Waals surface area contributed by atoms with Crippen LogP contribution in [-0.4, -0.2) is 6.04 Å². The van der Waals surface area contributed by atoms with Gasteiger partial charge in [-0.1, -0.05) is 26.0 Å². The van der Waals surface area contributed by atoms with Crippen LogP contribution in [0.15, 0.2) is 18.2 Å². The zero-order valence-electron chi connectivity index (χ0n) is 12.5. The number of rotatable bonds is 2. The summed E-state index contributed by atoms with van der Waals surface area (Å²) in [6.45, 7) is 4.82. The van der Waals surface area contributed by atoms with Crippen molar-refractivity contribution in [1.29, 1.82) is 0 Å². The number of fused-ring (bicyclic) bond motifs is 1. The Bertz CT molecular complexity index is 437. The third-order valence-corrected chi connectivity index (χ3v) is 5.09. The van der Waals surface area contributed by atoms with E-state index in [0.29, 0.717) is 11.5 Å². The van der Waals surface area contributed by atoms with E-state index in [1.165, 1.54) is 57.1 Å². The molecule has 1 nitrogen and oxygen atoms in total. The maximum absolute atomic E-state index is 3.85. The SMILES string of the molecule is CC1(C)CCC(Nc2cccc3c2CCCC3)CC1. The lowest BCUT2D eigenvalue weighted by atomic mass is 9.75. The van der Waals surface area contributed by atoms with Gasteiger partial charge in [0.1, 0.15) is 0 Å². The molecule has 1 N–H and O–H groups in total. The average Bonchev–Trinajstić information content (AvgIpc) is 2.42. The Morgan fingerprint density at radius 2 is 1.79 bits per heavy atom. The van der Waals surface area contributed by atoms with Crippen molar-refractivity contribution < 1.29 is 0 Å². The summed E-state index contributed by atoms with van der Waals surface area (Å²) < 4.78 is 0. The fourth-order valence-electron chi connectivity index (χ4n) is 3.68. The van der Waals surface area contributed by atoms with Crippen LogP contribution < -0.4 is 5.32 Å². The van der Waals surface area contributed by atoms with Gasteiger partial charge in [-0.2, -0.15) is 0 Å². The minimum atomic E-state index is 0.564. The van der Waals surface area contributed by atoms with Gasteiger partial charge in [-0.05, 0) is 74.0 Å². The van der Waals surface area contributed by atoms with Crippen LogP contribution in [0.25, 0.3) is 0 Å². The van der Waals surface area contributed by atoms with Gasteiger partial charge in [0.15, 0.2) is 0 Å². The van der Waals surface area contributed by atoms with Crippen LogP contribution in [0, 0.1) is 5.41 Å². The Morgan fingerprint density at radius 1 is 1.05 bits per heavy atom. The molecule has 0 atom stereocenters. The van der Waals surface area contributed by atoms with Crippen molar-refractivity contribution in [2.24, 2.45) is 5.41 Å². The molecule has 0 unspecified atom stereocenters. The number of hydrogen-bond acceptors (Lipinski definition) is 1. The minimum absolute atomic E-state index is 0.564.